The normalized spacial score (nSPS) is 20.8. The van der Waals surface area contributed by atoms with Crippen molar-refractivity contribution in [3.63, 3.8) is 0 Å². The highest BCUT2D eigenvalue weighted by Crippen LogP contribution is 2.34. The summed E-state index contributed by atoms with van der Waals surface area (Å²) in [6.45, 7) is 7.91. The number of benzene rings is 1. The van der Waals surface area contributed by atoms with Crippen LogP contribution in [0, 0.1) is 5.82 Å². The number of nitrogens with zero attached hydrogens (tertiary/aromatic N) is 1. The van der Waals surface area contributed by atoms with E-state index >= 15 is 0 Å². The Hall–Kier alpha value is -1.13. The predicted octanol–water partition coefficient (Wildman–Crippen LogP) is 2.46. The maximum absolute atomic E-state index is 14.2. The molecule has 1 aromatic carbocycles. The zero-order valence-corrected chi connectivity index (χ0v) is 11.2. The van der Waals surface area contributed by atoms with Crippen molar-refractivity contribution in [3.8, 4) is 0 Å². The molecule has 4 heteroatoms. The molecular weight excluding hydrogens is 231 g/mol. The predicted molar refractivity (Wildman–Crippen MR) is 71.2 cm³/mol. The molecule has 0 spiro atoms. The van der Waals surface area contributed by atoms with Crippen LogP contribution in [0.15, 0.2) is 18.2 Å². The molecule has 1 aliphatic rings. The molecule has 0 amide bonds. The van der Waals surface area contributed by atoms with Gasteiger partial charge in [0.15, 0.2) is 0 Å². The topological polar surface area (TPSA) is 38.5 Å². The fraction of sp³-hybridized carbons (Fsp3) is 0.571. The molecule has 2 rings (SSSR count). The van der Waals surface area contributed by atoms with E-state index < -0.39 is 0 Å². The van der Waals surface area contributed by atoms with E-state index in [1.807, 2.05) is 13.0 Å². The molecule has 0 radical (unpaired) electrons. The van der Waals surface area contributed by atoms with Gasteiger partial charge >= 0.3 is 0 Å². The Morgan fingerprint density at radius 1 is 1.44 bits per heavy atom. The van der Waals surface area contributed by atoms with E-state index in [1.165, 1.54) is 6.07 Å². The van der Waals surface area contributed by atoms with Crippen LogP contribution in [0.25, 0.3) is 0 Å². The number of rotatable bonds is 2. The minimum Gasteiger partial charge on any atom is -0.377 e. The SMILES string of the molecule is C[C@H](N)c1cccc(F)c1N1CCOCC1(C)C. The van der Waals surface area contributed by atoms with Gasteiger partial charge in [0.05, 0.1) is 24.4 Å². The molecule has 18 heavy (non-hydrogen) atoms. The van der Waals surface area contributed by atoms with Gasteiger partial charge in [-0.25, -0.2) is 4.39 Å². The Labute approximate surface area is 108 Å². The Kier molecular flexibility index (Phi) is 3.59. The van der Waals surface area contributed by atoms with Crippen molar-refractivity contribution in [2.24, 2.45) is 5.73 Å². The fourth-order valence-electron chi connectivity index (χ4n) is 2.46. The lowest BCUT2D eigenvalue weighted by atomic mass is 9.97. The first-order valence-electron chi connectivity index (χ1n) is 6.33. The number of hydrogen-bond donors (Lipinski definition) is 1. The standard InChI is InChI=1S/C14H21FN2O/c1-10(16)11-5-4-6-12(15)13(11)17-7-8-18-9-14(17,2)3/h4-6,10H,7-9,16H2,1-3H3/t10-/m0/s1. The zero-order valence-electron chi connectivity index (χ0n) is 11.2. The van der Waals surface area contributed by atoms with Gasteiger partial charge in [0.25, 0.3) is 0 Å². The number of hydrogen-bond acceptors (Lipinski definition) is 3. The first-order valence-corrected chi connectivity index (χ1v) is 6.33. The molecule has 1 saturated heterocycles. The van der Waals surface area contributed by atoms with Crippen molar-refractivity contribution in [2.45, 2.75) is 32.4 Å². The van der Waals surface area contributed by atoms with E-state index in [-0.39, 0.29) is 17.4 Å². The summed E-state index contributed by atoms with van der Waals surface area (Å²) < 4.78 is 19.7. The summed E-state index contributed by atoms with van der Waals surface area (Å²) in [6.07, 6.45) is 0. The van der Waals surface area contributed by atoms with Crippen molar-refractivity contribution >= 4 is 5.69 Å². The number of nitrogens with two attached hydrogens (primary N) is 1. The van der Waals surface area contributed by atoms with Gasteiger partial charge in [0.1, 0.15) is 5.82 Å². The number of anilines is 1. The highest BCUT2D eigenvalue weighted by Gasteiger charge is 2.33. The van der Waals surface area contributed by atoms with Crippen LogP contribution < -0.4 is 10.6 Å². The van der Waals surface area contributed by atoms with Gasteiger partial charge < -0.3 is 15.4 Å². The van der Waals surface area contributed by atoms with Gasteiger partial charge in [0.2, 0.25) is 0 Å². The van der Waals surface area contributed by atoms with Gasteiger partial charge in [-0.2, -0.15) is 0 Å². The molecule has 1 fully saturated rings. The average molecular weight is 252 g/mol. The van der Waals surface area contributed by atoms with E-state index in [2.05, 4.69) is 18.7 Å². The van der Waals surface area contributed by atoms with Crippen molar-refractivity contribution in [2.75, 3.05) is 24.7 Å². The zero-order chi connectivity index (χ0) is 13.3. The third-order valence-electron chi connectivity index (χ3n) is 3.42. The van der Waals surface area contributed by atoms with Crippen LogP contribution in [-0.2, 0) is 4.74 Å². The fourth-order valence-corrected chi connectivity index (χ4v) is 2.46. The molecule has 3 nitrogen and oxygen atoms in total. The van der Waals surface area contributed by atoms with Crippen molar-refractivity contribution in [1.82, 2.24) is 0 Å². The quantitative estimate of drug-likeness (QED) is 0.878. The summed E-state index contributed by atoms with van der Waals surface area (Å²) in [4.78, 5) is 2.07. The van der Waals surface area contributed by atoms with E-state index in [1.54, 1.807) is 6.07 Å². The largest absolute Gasteiger partial charge is 0.377 e. The van der Waals surface area contributed by atoms with Crippen LogP contribution in [0.5, 0.6) is 0 Å². The maximum atomic E-state index is 14.2. The van der Waals surface area contributed by atoms with Crippen molar-refractivity contribution in [1.29, 1.82) is 0 Å². The summed E-state index contributed by atoms with van der Waals surface area (Å²) in [5.41, 5.74) is 7.21. The van der Waals surface area contributed by atoms with Gasteiger partial charge in [0, 0.05) is 12.6 Å². The lowest BCUT2D eigenvalue weighted by Gasteiger charge is -2.45. The molecule has 1 aliphatic heterocycles. The molecule has 100 valence electrons. The van der Waals surface area contributed by atoms with Crippen LogP contribution in [0.1, 0.15) is 32.4 Å². The summed E-state index contributed by atoms with van der Waals surface area (Å²) in [6, 6.07) is 4.92. The Morgan fingerprint density at radius 2 is 2.17 bits per heavy atom. The number of ether oxygens (including phenoxy) is 1. The van der Waals surface area contributed by atoms with Crippen LogP contribution >= 0.6 is 0 Å². The molecular formula is C14H21FN2O. The van der Waals surface area contributed by atoms with Crippen LogP contribution in [0.4, 0.5) is 10.1 Å². The van der Waals surface area contributed by atoms with E-state index in [4.69, 9.17) is 10.5 Å². The maximum Gasteiger partial charge on any atom is 0.146 e. The first-order chi connectivity index (χ1) is 8.43. The second-order valence-corrected chi connectivity index (χ2v) is 5.48. The van der Waals surface area contributed by atoms with Crippen molar-refractivity contribution < 1.29 is 9.13 Å². The lowest BCUT2D eigenvalue weighted by Crippen LogP contribution is -2.54. The minimum absolute atomic E-state index is 0.186. The van der Waals surface area contributed by atoms with Crippen LogP contribution in [0.3, 0.4) is 0 Å². The number of para-hydroxylation sites is 1. The summed E-state index contributed by atoms with van der Waals surface area (Å²) in [5.74, 6) is -0.209. The third kappa shape index (κ3) is 2.35. The smallest absolute Gasteiger partial charge is 0.146 e. The molecule has 0 bridgehead atoms. The molecule has 0 aliphatic carbocycles. The molecule has 2 N–H and O–H groups in total. The monoisotopic (exact) mass is 252 g/mol. The third-order valence-corrected chi connectivity index (χ3v) is 3.42. The Balaban J connectivity index is 2.49. The summed E-state index contributed by atoms with van der Waals surface area (Å²) in [7, 11) is 0. The van der Waals surface area contributed by atoms with Gasteiger partial charge in [-0.15, -0.1) is 0 Å². The first kappa shape index (κ1) is 13.3. The lowest BCUT2D eigenvalue weighted by molar-refractivity contribution is 0.0638. The van der Waals surface area contributed by atoms with Crippen LogP contribution in [0.2, 0.25) is 0 Å². The summed E-state index contributed by atoms with van der Waals surface area (Å²) >= 11 is 0. The minimum atomic E-state index is -0.218. The molecule has 1 heterocycles. The molecule has 0 saturated carbocycles. The Morgan fingerprint density at radius 3 is 2.78 bits per heavy atom. The highest BCUT2D eigenvalue weighted by atomic mass is 19.1. The molecule has 0 unspecified atom stereocenters. The second-order valence-electron chi connectivity index (χ2n) is 5.48. The van der Waals surface area contributed by atoms with E-state index in [0.717, 1.165) is 5.56 Å². The van der Waals surface area contributed by atoms with Crippen LogP contribution in [-0.4, -0.2) is 25.3 Å². The highest BCUT2D eigenvalue weighted by molar-refractivity contribution is 5.58. The molecule has 1 atom stereocenters. The molecule has 1 aromatic rings. The Bertz CT molecular complexity index is 432. The molecule has 0 aromatic heterocycles. The van der Waals surface area contributed by atoms with E-state index in [0.29, 0.717) is 25.4 Å². The van der Waals surface area contributed by atoms with Gasteiger partial charge in [-0.1, -0.05) is 12.1 Å². The van der Waals surface area contributed by atoms with Gasteiger partial charge in [-0.3, -0.25) is 0 Å². The second kappa shape index (κ2) is 4.86. The summed E-state index contributed by atoms with van der Waals surface area (Å²) in [5, 5.41) is 0. The number of morpholine rings is 1. The number of halogens is 1. The van der Waals surface area contributed by atoms with E-state index in [9.17, 15) is 4.39 Å². The average Bonchev–Trinajstić information content (AvgIpc) is 2.29. The van der Waals surface area contributed by atoms with Gasteiger partial charge in [-0.05, 0) is 32.4 Å². The van der Waals surface area contributed by atoms with Crippen molar-refractivity contribution in [3.05, 3.63) is 29.6 Å².